The van der Waals surface area contributed by atoms with Crippen molar-refractivity contribution < 1.29 is 18.9 Å². The monoisotopic (exact) mass is 244 g/mol. The van der Waals surface area contributed by atoms with Crippen LogP contribution in [0.3, 0.4) is 0 Å². The summed E-state index contributed by atoms with van der Waals surface area (Å²) in [5.74, 6) is 0. The summed E-state index contributed by atoms with van der Waals surface area (Å²) >= 11 is 0. The molecule has 4 heteroatoms. The Kier molecular flexibility index (Phi) is 5.71. The maximum atomic E-state index is 5.66. The molecule has 2 aliphatic rings. The van der Waals surface area contributed by atoms with Gasteiger partial charge >= 0.3 is 0 Å². The molecule has 2 saturated heterocycles. The molecule has 0 N–H and O–H groups in total. The van der Waals surface area contributed by atoms with Gasteiger partial charge in [0.05, 0.1) is 32.5 Å². The molecule has 2 heterocycles. The Hall–Kier alpha value is -0.160. The van der Waals surface area contributed by atoms with E-state index in [2.05, 4.69) is 6.92 Å². The van der Waals surface area contributed by atoms with Crippen LogP contribution in [0.5, 0.6) is 0 Å². The van der Waals surface area contributed by atoms with Gasteiger partial charge < -0.3 is 18.9 Å². The number of rotatable bonds is 11. The molecule has 0 aromatic carbocycles. The van der Waals surface area contributed by atoms with Crippen LogP contribution in [0.25, 0.3) is 0 Å². The van der Waals surface area contributed by atoms with E-state index in [-0.39, 0.29) is 0 Å². The Labute approximate surface area is 104 Å². The fourth-order valence-corrected chi connectivity index (χ4v) is 1.71. The molecule has 17 heavy (non-hydrogen) atoms. The molecule has 100 valence electrons. The lowest BCUT2D eigenvalue weighted by Crippen LogP contribution is -2.12. The summed E-state index contributed by atoms with van der Waals surface area (Å²) in [5, 5.41) is 0. The van der Waals surface area contributed by atoms with E-state index in [9.17, 15) is 0 Å². The van der Waals surface area contributed by atoms with Gasteiger partial charge in [-0.1, -0.05) is 12.8 Å². The molecule has 0 amide bonds. The summed E-state index contributed by atoms with van der Waals surface area (Å²) in [6, 6.07) is 0. The van der Waals surface area contributed by atoms with Crippen molar-refractivity contribution in [3.05, 3.63) is 0 Å². The lowest BCUT2D eigenvalue weighted by Gasteiger charge is -2.11. The van der Waals surface area contributed by atoms with E-state index in [1.54, 1.807) is 0 Å². The van der Waals surface area contributed by atoms with Crippen molar-refractivity contribution >= 4 is 0 Å². The molecule has 3 unspecified atom stereocenters. The van der Waals surface area contributed by atoms with Gasteiger partial charge in [0.25, 0.3) is 0 Å². The van der Waals surface area contributed by atoms with Crippen LogP contribution in [0.1, 0.15) is 32.6 Å². The quantitative estimate of drug-likeness (QED) is 0.410. The van der Waals surface area contributed by atoms with Gasteiger partial charge in [0.1, 0.15) is 12.2 Å². The van der Waals surface area contributed by atoms with Gasteiger partial charge in [0.15, 0.2) is 0 Å². The van der Waals surface area contributed by atoms with Crippen LogP contribution in [0.2, 0.25) is 0 Å². The van der Waals surface area contributed by atoms with Gasteiger partial charge in [-0.05, 0) is 19.8 Å². The second kappa shape index (κ2) is 7.31. The molecular formula is C13H24O4. The second-order valence-electron chi connectivity index (χ2n) is 4.98. The van der Waals surface area contributed by atoms with Crippen molar-refractivity contribution in [2.45, 2.75) is 50.9 Å². The maximum Gasteiger partial charge on any atom is 0.104 e. The summed E-state index contributed by atoms with van der Waals surface area (Å²) < 4.78 is 21.3. The van der Waals surface area contributed by atoms with Gasteiger partial charge in [0.2, 0.25) is 0 Å². The van der Waals surface area contributed by atoms with Crippen molar-refractivity contribution in [3.8, 4) is 0 Å². The van der Waals surface area contributed by atoms with Crippen LogP contribution >= 0.6 is 0 Å². The number of unbranched alkanes of at least 4 members (excludes halogenated alkanes) is 2. The third-order valence-corrected chi connectivity index (χ3v) is 3.07. The largest absolute Gasteiger partial charge is 0.379 e. The molecule has 2 rings (SSSR count). The van der Waals surface area contributed by atoms with Crippen LogP contribution in [-0.4, -0.2) is 51.3 Å². The van der Waals surface area contributed by atoms with Crippen LogP contribution in [0, 0.1) is 0 Å². The Balaban J connectivity index is 1.29. The van der Waals surface area contributed by atoms with Crippen LogP contribution in [0.15, 0.2) is 0 Å². The number of ether oxygens (including phenoxy) is 4. The van der Waals surface area contributed by atoms with Gasteiger partial charge in [0, 0.05) is 6.61 Å². The maximum absolute atomic E-state index is 5.66. The van der Waals surface area contributed by atoms with Gasteiger partial charge in [-0.25, -0.2) is 0 Å². The first-order chi connectivity index (χ1) is 8.34. The Morgan fingerprint density at radius 1 is 1.06 bits per heavy atom. The zero-order valence-electron chi connectivity index (χ0n) is 10.7. The highest BCUT2D eigenvalue weighted by molar-refractivity contribution is 4.68. The first-order valence-electron chi connectivity index (χ1n) is 6.77. The predicted octanol–water partition coefficient (Wildman–Crippen LogP) is 1.77. The lowest BCUT2D eigenvalue weighted by molar-refractivity contribution is 0.0469. The molecular weight excluding hydrogens is 220 g/mol. The Morgan fingerprint density at radius 2 is 1.76 bits per heavy atom. The van der Waals surface area contributed by atoms with E-state index in [0.717, 1.165) is 45.9 Å². The molecule has 2 aliphatic heterocycles. The van der Waals surface area contributed by atoms with Gasteiger partial charge in [-0.3, -0.25) is 0 Å². The topological polar surface area (TPSA) is 43.5 Å². The van der Waals surface area contributed by atoms with E-state index in [1.165, 1.54) is 12.8 Å². The van der Waals surface area contributed by atoms with Crippen LogP contribution in [-0.2, 0) is 18.9 Å². The molecule has 0 spiro atoms. The van der Waals surface area contributed by atoms with Gasteiger partial charge in [-0.15, -0.1) is 0 Å². The molecule has 0 bridgehead atoms. The molecule has 3 atom stereocenters. The highest BCUT2D eigenvalue weighted by atomic mass is 16.6. The summed E-state index contributed by atoms with van der Waals surface area (Å²) in [4.78, 5) is 0. The number of hydrogen-bond donors (Lipinski definition) is 0. The van der Waals surface area contributed by atoms with Gasteiger partial charge in [-0.2, -0.15) is 0 Å². The highest BCUT2D eigenvalue weighted by Crippen LogP contribution is 2.13. The zero-order chi connectivity index (χ0) is 11.9. The minimum Gasteiger partial charge on any atom is -0.379 e. The molecule has 0 aromatic heterocycles. The minimum atomic E-state index is 0.361. The Morgan fingerprint density at radius 3 is 2.47 bits per heavy atom. The van der Waals surface area contributed by atoms with E-state index in [1.807, 2.05) is 0 Å². The zero-order valence-corrected chi connectivity index (χ0v) is 10.7. The van der Waals surface area contributed by atoms with Crippen molar-refractivity contribution in [2.24, 2.45) is 0 Å². The van der Waals surface area contributed by atoms with Crippen molar-refractivity contribution in [3.63, 3.8) is 0 Å². The number of epoxide rings is 2. The van der Waals surface area contributed by atoms with E-state index >= 15 is 0 Å². The molecule has 2 fully saturated rings. The highest BCUT2D eigenvalue weighted by Gasteiger charge is 2.23. The summed E-state index contributed by atoms with van der Waals surface area (Å²) in [6.07, 6.45) is 5.86. The molecule has 4 nitrogen and oxygen atoms in total. The SMILES string of the molecule is CC(CCCCCOCC1CO1)OCC1CO1. The van der Waals surface area contributed by atoms with E-state index in [0.29, 0.717) is 18.3 Å². The van der Waals surface area contributed by atoms with Crippen molar-refractivity contribution in [1.82, 2.24) is 0 Å². The molecule has 0 aromatic rings. The molecule has 0 aliphatic carbocycles. The first kappa shape index (κ1) is 13.3. The summed E-state index contributed by atoms with van der Waals surface area (Å²) in [7, 11) is 0. The average Bonchev–Trinajstić information content (AvgIpc) is 3.18. The lowest BCUT2D eigenvalue weighted by atomic mass is 10.1. The normalized spacial score (nSPS) is 28.1. The van der Waals surface area contributed by atoms with E-state index in [4.69, 9.17) is 18.9 Å². The second-order valence-corrected chi connectivity index (χ2v) is 4.98. The van der Waals surface area contributed by atoms with Crippen molar-refractivity contribution in [2.75, 3.05) is 33.0 Å². The summed E-state index contributed by atoms with van der Waals surface area (Å²) in [6.45, 7) is 6.33. The van der Waals surface area contributed by atoms with Crippen LogP contribution in [0.4, 0.5) is 0 Å². The minimum absolute atomic E-state index is 0.361. The smallest absolute Gasteiger partial charge is 0.104 e. The third kappa shape index (κ3) is 6.99. The van der Waals surface area contributed by atoms with Crippen molar-refractivity contribution in [1.29, 1.82) is 0 Å². The first-order valence-corrected chi connectivity index (χ1v) is 6.77. The Bertz CT molecular complexity index is 202. The standard InChI is InChI=1S/C13H24O4/c1-11(15-8-13-10-17-13)5-3-2-4-6-14-7-12-9-16-12/h11-13H,2-10H2,1H3. The fourth-order valence-electron chi connectivity index (χ4n) is 1.71. The fraction of sp³-hybridized carbons (Fsp3) is 1.00. The summed E-state index contributed by atoms with van der Waals surface area (Å²) in [5.41, 5.74) is 0. The van der Waals surface area contributed by atoms with Crippen LogP contribution < -0.4 is 0 Å². The molecule has 0 radical (unpaired) electrons. The predicted molar refractivity (Wildman–Crippen MR) is 64.2 cm³/mol. The third-order valence-electron chi connectivity index (χ3n) is 3.07. The van der Waals surface area contributed by atoms with E-state index < -0.39 is 0 Å². The average molecular weight is 244 g/mol. The molecule has 0 saturated carbocycles. The number of hydrogen-bond acceptors (Lipinski definition) is 4.